The Morgan fingerprint density at radius 3 is 2.74 bits per heavy atom. The smallest absolute Gasteiger partial charge is 0.193 e. The second-order valence-electron chi connectivity index (χ2n) is 5.95. The molecule has 1 aliphatic rings. The van der Waals surface area contributed by atoms with E-state index in [0.29, 0.717) is 0 Å². The molecule has 1 saturated carbocycles. The summed E-state index contributed by atoms with van der Waals surface area (Å²) >= 11 is 0. The van der Waals surface area contributed by atoms with Gasteiger partial charge in [0.15, 0.2) is 5.96 Å². The molecule has 1 fully saturated rings. The van der Waals surface area contributed by atoms with Gasteiger partial charge in [-0.1, -0.05) is 13.8 Å². The lowest BCUT2D eigenvalue weighted by molar-refractivity contribution is 0.115. The molecule has 1 aliphatic carbocycles. The molecule has 0 amide bonds. The van der Waals surface area contributed by atoms with Crippen LogP contribution < -0.4 is 5.32 Å². The molecule has 0 radical (unpaired) electrons. The Morgan fingerprint density at radius 1 is 1.42 bits per heavy atom. The first kappa shape index (κ1) is 16.3. The van der Waals surface area contributed by atoms with Gasteiger partial charge in [-0.05, 0) is 37.5 Å². The van der Waals surface area contributed by atoms with Crippen molar-refractivity contribution in [3.8, 4) is 0 Å². The van der Waals surface area contributed by atoms with Gasteiger partial charge in [-0.25, -0.2) is 0 Å². The van der Waals surface area contributed by atoms with Crippen LogP contribution in [0.15, 0.2) is 4.99 Å². The highest BCUT2D eigenvalue weighted by Gasteiger charge is 2.21. The Labute approximate surface area is 118 Å². The molecule has 19 heavy (non-hydrogen) atoms. The third-order valence-electron chi connectivity index (χ3n) is 3.44. The van der Waals surface area contributed by atoms with Crippen molar-refractivity contribution in [2.45, 2.75) is 39.5 Å². The summed E-state index contributed by atoms with van der Waals surface area (Å²) in [5.41, 5.74) is 0. The zero-order chi connectivity index (χ0) is 14.1. The van der Waals surface area contributed by atoms with Gasteiger partial charge in [0, 0.05) is 33.8 Å². The quantitative estimate of drug-likeness (QED) is 0.396. The SMILES string of the molecule is CN=C(NCCCC(C)C)N(C)CCOCC1CC1. The van der Waals surface area contributed by atoms with Crippen LogP contribution in [-0.2, 0) is 4.74 Å². The molecule has 0 aromatic heterocycles. The number of guanidine groups is 1. The lowest BCUT2D eigenvalue weighted by Crippen LogP contribution is -2.41. The van der Waals surface area contributed by atoms with Gasteiger partial charge in [-0.2, -0.15) is 0 Å². The summed E-state index contributed by atoms with van der Waals surface area (Å²) in [4.78, 5) is 6.45. The number of nitrogens with zero attached hydrogens (tertiary/aromatic N) is 2. The monoisotopic (exact) mass is 269 g/mol. The predicted molar refractivity (Wildman–Crippen MR) is 81.6 cm³/mol. The van der Waals surface area contributed by atoms with Crippen molar-refractivity contribution >= 4 is 5.96 Å². The second kappa shape index (κ2) is 9.18. The summed E-state index contributed by atoms with van der Waals surface area (Å²) in [6, 6.07) is 0. The molecule has 0 saturated heterocycles. The van der Waals surface area contributed by atoms with Crippen molar-refractivity contribution in [2.24, 2.45) is 16.8 Å². The van der Waals surface area contributed by atoms with Crippen LogP contribution >= 0.6 is 0 Å². The number of nitrogens with one attached hydrogen (secondary N) is 1. The van der Waals surface area contributed by atoms with E-state index in [1.807, 2.05) is 7.05 Å². The molecule has 4 heteroatoms. The van der Waals surface area contributed by atoms with E-state index in [1.54, 1.807) is 0 Å². The highest BCUT2D eigenvalue weighted by atomic mass is 16.5. The normalized spacial score (nSPS) is 15.9. The molecule has 1 rings (SSSR count). The Bertz CT molecular complexity index is 262. The van der Waals surface area contributed by atoms with Crippen LogP contribution in [0.25, 0.3) is 0 Å². The summed E-state index contributed by atoms with van der Waals surface area (Å²) in [5, 5.41) is 3.41. The summed E-state index contributed by atoms with van der Waals surface area (Å²) in [6.45, 7) is 8.15. The lowest BCUT2D eigenvalue weighted by Gasteiger charge is -2.22. The number of rotatable bonds is 9. The molecule has 0 atom stereocenters. The first-order valence-corrected chi connectivity index (χ1v) is 7.63. The van der Waals surface area contributed by atoms with Crippen molar-refractivity contribution in [1.82, 2.24) is 10.2 Å². The molecule has 1 N–H and O–H groups in total. The topological polar surface area (TPSA) is 36.9 Å². The number of likely N-dealkylation sites (N-methyl/N-ethyl adjacent to an activating group) is 1. The third kappa shape index (κ3) is 8.09. The van der Waals surface area contributed by atoms with Gasteiger partial charge in [-0.15, -0.1) is 0 Å². The van der Waals surface area contributed by atoms with Gasteiger partial charge in [0.2, 0.25) is 0 Å². The Balaban J connectivity index is 2.06. The van der Waals surface area contributed by atoms with E-state index in [9.17, 15) is 0 Å². The van der Waals surface area contributed by atoms with Crippen molar-refractivity contribution in [2.75, 3.05) is 40.4 Å². The van der Waals surface area contributed by atoms with Crippen molar-refractivity contribution in [1.29, 1.82) is 0 Å². The van der Waals surface area contributed by atoms with Crippen LogP contribution in [0.3, 0.4) is 0 Å². The van der Waals surface area contributed by atoms with Crippen LogP contribution in [0.4, 0.5) is 0 Å². The summed E-state index contributed by atoms with van der Waals surface area (Å²) in [7, 11) is 3.91. The van der Waals surface area contributed by atoms with Gasteiger partial charge >= 0.3 is 0 Å². The molecule has 0 heterocycles. The molecule has 0 aromatic carbocycles. The maximum Gasteiger partial charge on any atom is 0.193 e. The zero-order valence-corrected chi connectivity index (χ0v) is 13.1. The summed E-state index contributed by atoms with van der Waals surface area (Å²) < 4.78 is 5.66. The van der Waals surface area contributed by atoms with E-state index < -0.39 is 0 Å². The highest BCUT2D eigenvalue weighted by molar-refractivity contribution is 5.79. The molecule has 112 valence electrons. The Morgan fingerprint density at radius 2 is 2.16 bits per heavy atom. The molecule has 4 nitrogen and oxygen atoms in total. The second-order valence-corrected chi connectivity index (χ2v) is 5.95. The zero-order valence-electron chi connectivity index (χ0n) is 13.1. The molecule has 0 aromatic rings. The summed E-state index contributed by atoms with van der Waals surface area (Å²) in [5.74, 6) is 2.59. The van der Waals surface area contributed by atoms with Crippen LogP contribution in [0.1, 0.15) is 39.5 Å². The van der Waals surface area contributed by atoms with E-state index in [0.717, 1.165) is 44.1 Å². The third-order valence-corrected chi connectivity index (χ3v) is 3.44. The van der Waals surface area contributed by atoms with E-state index in [1.165, 1.54) is 25.7 Å². The number of hydrogen-bond donors (Lipinski definition) is 1. The van der Waals surface area contributed by atoms with Crippen LogP contribution in [0.5, 0.6) is 0 Å². The molecule has 0 spiro atoms. The standard InChI is InChI=1S/C15H31N3O/c1-13(2)6-5-9-17-15(16-3)18(4)10-11-19-12-14-7-8-14/h13-14H,5-12H2,1-4H3,(H,16,17). The first-order valence-electron chi connectivity index (χ1n) is 7.63. The van der Waals surface area contributed by atoms with E-state index in [4.69, 9.17) is 4.74 Å². The maximum atomic E-state index is 5.66. The van der Waals surface area contributed by atoms with Crippen molar-refractivity contribution < 1.29 is 4.74 Å². The average molecular weight is 269 g/mol. The minimum Gasteiger partial charge on any atom is -0.379 e. The van der Waals surface area contributed by atoms with Gasteiger partial charge in [0.05, 0.1) is 6.61 Å². The van der Waals surface area contributed by atoms with E-state index >= 15 is 0 Å². The number of ether oxygens (including phenoxy) is 1. The largest absolute Gasteiger partial charge is 0.379 e. The molecule has 0 aliphatic heterocycles. The Hall–Kier alpha value is -0.770. The average Bonchev–Trinajstić information content (AvgIpc) is 3.18. The first-order chi connectivity index (χ1) is 9.13. The lowest BCUT2D eigenvalue weighted by atomic mass is 10.1. The fourth-order valence-electron chi connectivity index (χ4n) is 1.94. The van der Waals surface area contributed by atoms with Crippen LogP contribution in [0, 0.1) is 11.8 Å². The summed E-state index contributed by atoms with van der Waals surface area (Å²) in [6.07, 6.45) is 5.17. The maximum absolute atomic E-state index is 5.66. The van der Waals surface area contributed by atoms with E-state index in [2.05, 4.69) is 36.1 Å². The molecular formula is C15H31N3O. The number of aliphatic imine (C=N–C) groups is 1. The molecule has 0 unspecified atom stereocenters. The van der Waals surface area contributed by atoms with Crippen molar-refractivity contribution in [3.63, 3.8) is 0 Å². The Kier molecular flexibility index (Phi) is 7.87. The van der Waals surface area contributed by atoms with Crippen LogP contribution in [-0.4, -0.2) is 51.3 Å². The van der Waals surface area contributed by atoms with Gasteiger partial charge in [-0.3, -0.25) is 4.99 Å². The fraction of sp³-hybridized carbons (Fsp3) is 0.933. The minimum atomic E-state index is 0.775. The molecule has 0 bridgehead atoms. The highest BCUT2D eigenvalue weighted by Crippen LogP contribution is 2.28. The fourth-order valence-corrected chi connectivity index (χ4v) is 1.94. The molecular weight excluding hydrogens is 238 g/mol. The van der Waals surface area contributed by atoms with Gasteiger partial charge < -0.3 is 15.0 Å². The van der Waals surface area contributed by atoms with Gasteiger partial charge in [0.1, 0.15) is 0 Å². The van der Waals surface area contributed by atoms with E-state index in [-0.39, 0.29) is 0 Å². The van der Waals surface area contributed by atoms with Gasteiger partial charge in [0.25, 0.3) is 0 Å². The predicted octanol–water partition coefficient (Wildman–Crippen LogP) is 2.36. The minimum absolute atomic E-state index is 0.775. The number of hydrogen-bond acceptors (Lipinski definition) is 2. The van der Waals surface area contributed by atoms with Crippen LogP contribution in [0.2, 0.25) is 0 Å². The van der Waals surface area contributed by atoms with Crippen molar-refractivity contribution in [3.05, 3.63) is 0 Å².